The molecule has 5 heteroatoms. The minimum absolute atomic E-state index is 0.0404. The monoisotopic (exact) mass is 335 g/mol. The van der Waals surface area contributed by atoms with Gasteiger partial charge in [-0.3, -0.25) is 14.6 Å². The summed E-state index contributed by atoms with van der Waals surface area (Å²) in [5.41, 5.74) is 3.37. The number of carbonyl (C=O) groups is 2. The Morgan fingerprint density at radius 1 is 1.08 bits per heavy atom. The molecule has 2 unspecified atom stereocenters. The van der Waals surface area contributed by atoms with Crippen LogP contribution in [-0.2, 0) is 29.1 Å². The molecule has 0 saturated heterocycles. The lowest BCUT2D eigenvalue weighted by molar-refractivity contribution is -0.135. The largest absolute Gasteiger partial charge is 0.350 e. The lowest BCUT2D eigenvalue weighted by Gasteiger charge is -2.29. The van der Waals surface area contributed by atoms with Crippen LogP contribution in [-0.4, -0.2) is 28.2 Å². The standard InChI is InChI=1S/C20H21N3O2/c24-19(22-12-16-7-3-4-9-21-16)17-11-18(17)20(25)23-10-8-14-5-1-2-6-15(14)13-23/h1-7,9,17-18H,8,10-13H2,(H,22,24). The van der Waals surface area contributed by atoms with Crippen molar-refractivity contribution in [2.24, 2.45) is 11.8 Å². The van der Waals surface area contributed by atoms with Crippen LogP contribution in [0.2, 0.25) is 0 Å². The van der Waals surface area contributed by atoms with Gasteiger partial charge in [-0.05, 0) is 36.1 Å². The van der Waals surface area contributed by atoms with Crippen LogP contribution in [0.1, 0.15) is 23.2 Å². The maximum atomic E-state index is 12.7. The third-order valence-corrected chi connectivity index (χ3v) is 5.06. The van der Waals surface area contributed by atoms with Crippen LogP contribution in [0.5, 0.6) is 0 Å². The minimum atomic E-state index is -0.187. The first-order chi connectivity index (χ1) is 12.2. The number of pyridine rings is 1. The van der Waals surface area contributed by atoms with E-state index in [0.29, 0.717) is 19.5 Å². The van der Waals surface area contributed by atoms with E-state index < -0.39 is 0 Å². The number of benzene rings is 1. The Kier molecular flexibility index (Phi) is 4.22. The normalized spacial score (nSPS) is 21.4. The highest BCUT2D eigenvalue weighted by Gasteiger charge is 2.49. The highest BCUT2D eigenvalue weighted by atomic mass is 16.2. The van der Waals surface area contributed by atoms with Crippen molar-refractivity contribution in [1.82, 2.24) is 15.2 Å². The van der Waals surface area contributed by atoms with Crippen LogP contribution in [0.4, 0.5) is 0 Å². The zero-order valence-corrected chi connectivity index (χ0v) is 14.0. The fraction of sp³-hybridized carbons (Fsp3) is 0.350. The maximum absolute atomic E-state index is 12.7. The summed E-state index contributed by atoms with van der Waals surface area (Å²) in [6.45, 7) is 1.82. The number of rotatable bonds is 4. The van der Waals surface area contributed by atoms with Gasteiger partial charge >= 0.3 is 0 Å². The molecule has 2 amide bonds. The van der Waals surface area contributed by atoms with Gasteiger partial charge in [-0.2, -0.15) is 0 Å². The van der Waals surface area contributed by atoms with E-state index in [1.165, 1.54) is 11.1 Å². The van der Waals surface area contributed by atoms with E-state index in [1.807, 2.05) is 35.2 Å². The van der Waals surface area contributed by atoms with Gasteiger partial charge in [0.15, 0.2) is 0 Å². The molecule has 1 N–H and O–H groups in total. The molecule has 5 nitrogen and oxygen atoms in total. The molecule has 1 saturated carbocycles. The molecule has 0 bridgehead atoms. The van der Waals surface area contributed by atoms with E-state index in [4.69, 9.17) is 0 Å². The summed E-state index contributed by atoms with van der Waals surface area (Å²) < 4.78 is 0. The lowest BCUT2D eigenvalue weighted by Crippen LogP contribution is -2.38. The minimum Gasteiger partial charge on any atom is -0.350 e. The Morgan fingerprint density at radius 2 is 1.88 bits per heavy atom. The van der Waals surface area contributed by atoms with Crippen molar-refractivity contribution < 1.29 is 9.59 Å². The van der Waals surface area contributed by atoms with Gasteiger partial charge in [0.05, 0.1) is 24.1 Å². The van der Waals surface area contributed by atoms with E-state index in [2.05, 4.69) is 22.4 Å². The van der Waals surface area contributed by atoms with Crippen LogP contribution in [0.25, 0.3) is 0 Å². The number of hydrogen-bond acceptors (Lipinski definition) is 3. The van der Waals surface area contributed by atoms with E-state index >= 15 is 0 Å². The Labute approximate surface area is 147 Å². The average Bonchev–Trinajstić information content (AvgIpc) is 3.47. The quantitative estimate of drug-likeness (QED) is 0.928. The van der Waals surface area contributed by atoms with Crippen LogP contribution < -0.4 is 5.32 Å². The molecule has 2 aromatic rings. The number of amides is 2. The van der Waals surface area contributed by atoms with Gasteiger partial charge in [0.25, 0.3) is 0 Å². The average molecular weight is 335 g/mol. The molecule has 1 aromatic carbocycles. The summed E-state index contributed by atoms with van der Waals surface area (Å²) in [6, 6.07) is 13.9. The van der Waals surface area contributed by atoms with Gasteiger partial charge in [-0.15, -0.1) is 0 Å². The van der Waals surface area contributed by atoms with Crippen molar-refractivity contribution in [3.05, 3.63) is 65.5 Å². The summed E-state index contributed by atoms with van der Waals surface area (Å²) >= 11 is 0. The predicted molar refractivity (Wildman–Crippen MR) is 93.2 cm³/mol. The van der Waals surface area contributed by atoms with Gasteiger partial charge in [0, 0.05) is 19.3 Å². The van der Waals surface area contributed by atoms with Gasteiger partial charge < -0.3 is 10.2 Å². The SMILES string of the molecule is O=C(NCc1ccccn1)C1CC1C(=O)N1CCc2ccccc2C1. The summed E-state index contributed by atoms with van der Waals surface area (Å²) in [5, 5.41) is 2.89. The van der Waals surface area contributed by atoms with Crippen molar-refractivity contribution in [2.75, 3.05) is 6.54 Å². The first-order valence-corrected chi connectivity index (χ1v) is 8.75. The Balaban J connectivity index is 1.31. The summed E-state index contributed by atoms with van der Waals surface area (Å²) in [4.78, 5) is 31.0. The van der Waals surface area contributed by atoms with Crippen LogP contribution in [0.3, 0.4) is 0 Å². The van der Waals surface area contributed by atoms with Crippen molar-refractivity contribution in [3.63, 3.8) is 0 Å². The van der Waals surface area contributed by atoms with Crippen molar-refractivity contribution in [3.8, 4) is 0 Å². The molecule has 0 radical (unpaired) electrons. The Morgan fingerprint density at radius 3 is 2.68 bits per heavy atom. The number of nitrogens with one attached hydrogen (secondary N) is 1. The van der Waals surface area contributed by atoms with Crippen molar-refractivity contribution >= 4 is 11.8 Å². The molecule has 1 aliphatic heterocycles. The van der Waals surface area contributed by atoms with Gasteiger partial charge in [0.1, 0.15) is 0 Å². The zero-order valence-electron chi connectivity index (χ0n) is 14.0. The highest BCUT2D eigenvalue weighted by molar-refractivity contribution is 5.92. The second-order valence-corrected chi connectivity index (χ2v) is 6.77. The van der Waals surface area contributed by atoms with Crippen LogP contribution in [0.15, 0.2) is 48.7 Å². The van der Waals surface area contributed by atoms with E-state index in [-0.39, 0.29) is 23.7 Å². The Bertz CT molecular complexity index is 791. The number of fused-ring (bicyclic) bond motifs is 1. The lowest BCUT2D eigenvalue weighted by atomic mass is 9.99. The van der Waals surface area contributed by atoms with Crippen molar-refractivity contribution in [1.29, 1.82) is 0 Å². The molecule has 4 rings (SSSR count). The van der Waals surface area contributed by atoms with Gasteiger partial charge in [0.2, 0.25) is 11.8 Å². The number of aromatic nitrogens is 1. The third kappa shape index (κ3) is 3.40. The number of carbonyl (C=O) groups excluding carboxylic acids is 2. The smallest absolute Gasteiger partial charge is 0.226 e. The maximum Gasteiger partial charge on any atom is 0.226 e. The summed E-state index contributed by atoms with van der Waals surface area (Å²) in [6.07, 6.45) is 3.26. The fourth-order valence-electron chi connectivity index (χ4n) is 3.49. The topological polar surface area (TPSA) is 62.3 Å². The predicted octanol–water partition coefficient (Wildman–Crippen LogP) is 1.92. The van der Waals surface area contributed by atoms with Crippen molar-refractivity contribution in [2.45, 2.75) is 25.9 Å². The number of hydrogen-bond donors (Lipinski definition) is 1. The fourth-order valence-corrected chi connectivity index (χ4v) is 3.49. The second-order valence-electron chi connectivity index (χ2n) is 6.77. The molecule has 2 heterocycles. The molecule has 1 fully saturated rings. The first kappa shape index (κ1) is 15.8. The molecular formula is C20H21N3O2. The first-order valence-electron chi connectivity index (χ1n) is 8.75. The van der Waals surface area contributed by atoms with E-state index in [1.54, 1.807) is 6.20 Å². The molecular weight excluding hydrogens is 314 g/mol. The van der Waals surface area contributed by atoms with Gasteiger partial charge in [-0.25, -0.2) is 0 Å². The van der Waals surface area contributed by atoms with Gasteiger partial charge in [-0.1, -0.05) is 30.3 Å². The van der Waals surface area contributed by atoms with E-state index in [9.17, 15) is 9.59 Å². The molecule has 2 atom stereocenters. The molecule has 2 aliphatic rings. The molecule has 25 heavy (non-hydrogen) atoms. The highest BCUT2D eigenvalue weighted by Crippen LogP contribution is 2.41. The molecule has 128 valence electrons. The summed E-state index contributed by atoms with van der Waals surface area (Å²) in [5.74, 6) is -0.267. The molecule has 0 spiro atoms. The Hall–Kier alpha value is -2.69. The summed E-state index contributed by atoms with van der Waals surface area (Å²) in [7, 11) is 0. The second kappa shape index (κ2) is 6.67. The molecule has 1 aromatic heterocycles. The van der Waals surface area contributed by atoms with Crippen LogP contribution >= 0.6 is 0 Å². The van der Waals surface area contributed by atoms with E-state index in [0.717, 1.165) is 18.7 Å². The number of nitrogens with zero attached hydrogens (tertiary/aromatic N) is 2. The van der Waals surface area contributed by atoms with Crippen LogP contribution in [0, 0.1) is 11.8 Å². The molecule has 1 aliphatic carbocycles. The zero-order chi connectivity index (χ0) is 17.2. The third-order valence-electron chi connectivity index (χ3n) is 5.06.